The number of aliphatic hydroxyl groups excluding tert-OH is 1. The summed E-state index contributed by atoms with van der Waals surface area (Å²) < 4.78 is 0. The quantitative estimate of drug-likeness (QED) is 0.0322. The van der Waals surface area contributed by atoms with Crippen molar-refractivity contribution >= 4 is 65.0 Å². The Kier molecular flexibility index (Phi) is 27.2. The summed E-state index contributed by atoms with van der Waals surface area (Å²) in [4.78, 5) is 157. The highest BCUT2D eigenvalue weighted by atomic mass is 16.4. The van der Waals surface area contributed by atoms with Crippen LogP contribution in [-0.4, -0.2) is 169 Å². The minimum Gasteiger partial charge on any atom is -0.508 e. The standard InChI is InChI=1S/C57H83N13O14/c1-7-33(6)48(57(83)84)69-54(80)44(29-71)68-52(78)42(25-35-15-17-37(72)18-16-35)63-47(74)28-61-49(75)41(24-34-12-9-8-10-13-34)66-51(77)40(23-32(4)5)65-53(79)43(26-36-27-60-30-62-36)67-50(76)39(19-20-46(59)73)64-55(81)45-14-11-21-70(45)56(82)38(58)22-31(2)3/h8-10,12-13,15-18,27,30-33,38-45,48,71-72H,7,11,14,19-26,28-29,58H2,1-6H3,(H2,59,73)(H,60,62)(H,61,75)(H,63,74)(H,64,81)(H,65,79)(H,66,77)(H,67,76)(H,68,78)(H,69,80)(H,83,84)/t33-,38-,39-,40-,41-,42-,43-,44-,45-,48-/m0/s1. The number of benzene rings is 2. The summed E-state index contributed by atoms with van der Waals surface area (Å²) in [7, 11) is 0. The van der Waals surface area contributed by atoms with Crippen LogP contribution in [0.25, 0.3) is 0 Å². The number of primary amides is 1. The fraction of sp³-hybridized carbons (Fsp3) is 0.544. The van der Waals surface area contributed by atoms with Crippen LogP contribution in [0, 0.1) is 17.8 Å². The van der Waals surface area contributed by atoms with Gasteiger partial charge in [0.25, 0.3) is 0 Å². The number of aromatic amines is 1. The molecule has 1 aliphatic heterocycles. The van der Waals surface area contributed by atoms with Gasteiger partial charge in [0, 0.05) is 44.1 Å². The van der Waals surface area contributed by atoms with Gasteiger partial charge in [0.15, 0.2) is 0 Å². The number of nitrogens with zero attached hydrogens (tertiary/aromatic N) is 2. The molecule has 1 aliphatic rings. The van der Waals surface area contributed by atoms with Gasteiger partial charge < -0.3 is 79.2 Å². The van der Waals surface area contributed by atoms with Crippen LogP contribution in [0.5, 0.6) is 5.75 Å². The monoisotopic (exact) mass is 1170 g/mol. The van der Waals surface area contributed by atoms with Crippen LogP contribution >= 0.6 is 0 Å². The van der Waals surface area contributed by atoms with Crippen LogP contribution in [0.4, 0.5) is 0 Å². The first-order valence-corrected chi connectivity index (χ1v) is 28.2. The van der Waals surface area contributed by atoms with Crippen LogP contribution in [-0.2, 0) is 72.0 Å². The molecule has 460 valence electrons. The molecule has 4 rings (SSSR count). The van der Waals surface area contributed by atoms with Crippen LogP contribution in [0.2, 0.25) is 0 Å². The number of carbonyl (C=O) groups excluding carboxylic acids is 10. The molecule has 16 N–H and O–H groups in total. The van der Waals surface area contributed by atoms with Crippen molar-refractivity contribution in [1.29, 1.82) is 0 Å². The molecule has 0 bridgehead atoms. The zero-order valence-corrected chi connectivity index (χ0v) is 48.4. The fourth-order valence-corrected chi connectivity index (χ4v) is 9.37. The average molecular weight is 1170 g/mol. The smallest absolute Gasteiger partial charge is 0.326 e. The number of nitrogens with one attached hydrogen (secondary N) is 9. The number of carbonyl (C=O) groups is 11. The summed E-state index contributed by atoms with van der Waals surface area (Å²) in [5.41, 5.74) is 13.1. The van der Waals surface area contributed by atoms with E-state index in [0.29, 0.717) is 36.1 Å². The minimum absolute atomic E-state index is 0.0143. The molecule has 0 spiro atoms. The maximum absolute atomic E-state index is 14.5. The van der Waals surface area contributed by atoms with Crippen molar-refractivity contribution in [3.63, 3.8) is 0 Å². The molecule has 1 saturated heterocycles. The van der Waals surface area contributed by atoms with Gasteiger partial charge >= 0.3 is 5.97 Å². The molecule has 0 saturated carbocycles. The topological polar surface area (TPSA) is 429 Å². The van der Waals surface area contributed by atoms with Crippen LogP contribution in [0.3, 0.4) is 0 Å². The molecule has 1 aromatic heterocycles. The van der Waals surface area contributed by atoms with Crippen LogP contribution < -0.4 is 54.0 Å². The van der Waals surface area contributed by atoms with E-state index in [-0.39, 0.29) is 69.1 Å². The first-order chi connectivity index (χ1) is 39.8. The van der Waals surface area contributed by atoms with E-state index in [1.807, 2.05) is 13.8 Å². The molecular formula is C57H83N13O14. The van der Waals surface area contributed by atoms with Gasteiger partial charge in [-0.05, 0) is 73.1 Å². The molecule has 3 aromatic rings. The summed E-state index contributed by atoms with van der Waals surface area (Å²) >= 11 is 0. The highest BCUT2D eigenvalue weighted by molar-refractivity contribution is 5.98. The van der Waals surface area contributed by atoms with Gasteiger partial charge in [0.1, 0.15) is 54.1 Å². The lowest BCUT2D eigenvalue weighted by Crippen LogP contribution is -2.60. The Morgan fingerprint density at radius 2 is 1.23 bits per heavy atom. The van der Waals surface area contributed by atoms with Gasteiger partial charge in [-0.1, -0.05) is 90.4 Å². The zero-order valence-electron chi connectivity index (χ0n) is 48.4. The number of phenolic OH excluding ortho intramolecular Hbond substituents is 1. The molecule has 10 amide bonds. The molecule has 84 heavy (non-hydrogen) atoms. The Hall–Kier alpha value is -8.46. The zero-order chi connectivity index (χ0) is 62.2. The molecule has 10 atom stereocenters. The van der Waals surface area contributed by atoms with Gasteiger partial charge in [0.2, 0.25) is 59.1 Å². The molecule has 1 fully saturated rings. The lowest BCUT2D eigenvalue weighted by molar-refractivity contribution is -0.144. The Morgan fingerprint density at radius 3 is 1.79 bits per heavy atom. The summed E-state index contributed by atoms with van der Waals surface area (Å²) in [5, 5.41) is 50.1. The molecule has 0 aliphatic carbocycles. The molecule has 2 heterocycles. The number of nitrogens with two attached hydrogens (primary N) is 2. The van der Waals surface area contributed by atoms with Crippen molar-refractivity contribution in [3.8, 4) is 5.75 Å². The van der Waals surface area contributed by atoms with Crippen molar-refractivity contribution in [2.45, 2.75) is 160 Å². The largest absolute Gasteiger partial charge is 0.508 e. The number of aromatic hydroxyl groups is 1. The third-order valence-corrected chi connectivity index (χ3v) is 14.1. The van der Waals surface area contributed by atoms with Crippen molar-refractivity contribution in [2.75, 3.05) is 19.7 Å². The number of aromatic nitrogens is 2. The SMILES string of the molecule is CC[C@H](C)[C@H](NC(=O)[C@H](CO)NC(=O)[C@H](Cc1ccc(O)cc1)NC(=O)CNC(=O)[C@H](Cc1ccccc1)NC(=O)[C@H](CC(C)C)NC(=O)[C@H](Cc1cnc[nH]1)NC(=O)[C@H](CCC(N)=O)NC(=O)[C@@H]1CCCN1C(=O)[C@@H](N)CC(C)C)C(=O)O. The number of aliphatic hydroxyl groups is 1. The van der Waals surface area contributed by atoms with Crippen molar-refractivity contribution in [2.24, 2.45) is 29.2 Å². The number of carboxylic acid groups (broad SMARTS) is 1. The first-order valence-electron chi connectivity index (χ1n) is 28.2. The van der Waals surface area contributed by atoms with E-state index in [9.17, 15) is 68.1 Å². The van der Waals surface area contributed by atoms with Crippen molar-refractivity contribution in [3.05, 3.63) is 83.9 Å². The molecule has 27 heteroatoms. The predicted molar refractivity (Wildman–Crippen MR) is 305 cm³/mol. The van der Waals surface area contributed by atoms with Crippen molar-refractivity contribution < 1.29 is 68.1 Å². The molecular weight excluding hydrogens is 1090 g/mol. The number of H-pyrrole nitrogens is 1. The summed E-state index contributed by atoms with van der Waals surface area (Å²) in [6.07, 6.45) is 3.15. The second kappa shape index (κ2) is 33.6. The maximum Gasteiger partial charge on any atom is 0.326 e. The normalized spacial score (nSPS) is 16.3. The fourth-order valence-electron chi connectivity index (χ4n) is 9.37. The Balaban J connectivity index is 1.55. The van der Waals surface area contributed by atoms with E-state index in [4.69, 9.17) is 11.5 Å². The number of hydrogen-bond acceptors (Lipinski definition) is 15. The highest BCUT2D eigenvalue weighted by Gasteiger charge is 2.39. The summed E-state index contributed by atoms with van der Waals surface area (Å²) in [6, 6.07) is 2.26. The van der Waals surface area contributed by atoms with E-state index in [1.165, 1.54) is 41.7 Å². The van der Waals surface area contributed by atoms with Gasteiger partial charge in [-0.25, -0.2) is 9.78 Å². The number of carboxylic acids is 1. The van der Waals surface area contributed by atoms with Gasteiger partial charge in [-0.2, -0.15) is 0 Å². The van der Waals surface area contributed by atoms with E-state index in [1.54, 1.807) is 58.0 Å². The third-order valence-electron chi connectivity index (χ3n) is 14.1. The second-order valence-corrected chi connectivity index (χ2v) is 21.9. The van der Waals surface area contributed by atoms with Gasteiger partial charge in [-0.3, -0.25) is 47.9 Å². The van der Waals surface area contributed by atoms with Gasteiger partial charge in [0.05, 0.1) is 25.5 Å². The summed E-state index contributed by atoms with van der Waals surface area (Å²) in [6.45, 7) is 9.27. The van der Waals surface area contributed by atoms with Gasteiger partial charge in [-0.15, -0.1) is 0 Å². The van der Waals surface area contributed by atoms with Crippen molar-refractivity contribution in [1.82, 2.24) is 57.4 Å². The highest BCUT2D eigenvalue weighted by Crippen LogP contribution is 2.21. The summed E-state index contributed by atoms with van der Waals surface area (Å²) in [5.74, 6) is -10.3. The van der Waals surface area contributed by atoms with E-state index >= 15 is 0 Å². The Labute approximate surface area is 487 Å². The number of likely N-dealkylation sites (tertiary alicyclic amines) is 1. The number of amides is 10. The van der Waals surface area contributed by atoms with Crippen LogP contribution in [0.1, 0.15) is 103 Å². The molecule has 0 radical (unpaired) electrons. The number of phenols is 1. The number of imidazole rings is 1. The number of rotatable bonds is 34. The van der Waals surface area contributed by atoms with E-state index in [0.717, 1.165) is 0 Å². The average Bonchev–Trinajstić information content (AvgIpc) is 4.19. The third kappa shape index (κ3) is 22.0. The predicted octanol–water partition coefficient (Wildman–Crippen LogP) is -1.55. The molecule has 0 unspecified atom stereocenters. The van der Waals surface area contributed by atoms with E-state index in [2.05, 4.69) is 52.5 Å². The first kappa shape index (κ1) is 68.0. The molecule has 27 nitrogen and oxygen atoms in total. The Morgan fingerprint density at radius 1 is 0.679 bits per heavy atom. The van der Waals surface area contributed by atoms with Crippen LogP contribution in [0.15, 0.2) is 67.1 Å². The molecule has 2 aromatic carbocycles. The number of aliphatic carboxylic acids is 1. The maximum atomic E-state index is 14.5. The lowest BCUT2D eigenvalue weighted by Gasteiger charge is -2.29. The Bertz CT molecular complexity index is 2710. The second-order valence-electron chi connectivity index (χ2n) is 21.9. The lowest BCUT2D eigenvalue weighted by atomic mass is 9.99. The van der Waals surface area contributed by atoms with E-state index < -0.39 is 138 Å². The number of hydrogen-bond donors (Lipinski definition) is 14. The minimum atomic E-state index is -1.64.